The highest BCUT2D eigenvalue weighted by Gasteiger charge is 2.26. The fourth-order valence-corrected chi connectivity index (χ4v) is 3.64. The number of benzene rings is 1. The first-order valence-electron chi connectivity index (χ1n) is 10.5. The van der Waals surface area contributed by atoms with Crippen molar-refractivity contribution in [1.29, 1.82) is 0 Å². The molecule has 1 saturated heterocycles. The number of piperazine rings is 1. The van der Waals surface area contributed by atoms with E-state index in [1.54, 1.807) is 17.0 Å². The lowest BCUT2D eigenvalue weighted by atomic mass is 9.86. The van der Waals surface area contributed by atoms with E-state index in [1.807, 2.05) is 11.8 Å². The number of hydrogen-bond donors (Lipinski definition) is 0. The molecule has 0 spiro atoms. The molecule has 0 aliphatic carbocycles. The molecule has 1 fully saturated rings. The van der Waals surface area contributed by atoms with Gasteiger partial charge in [-0.1, -0.05) is 45.0 Å². The van der Waals surface area contributed by atoms with Crippen LogP contribution in [-0.2, 0) is 16.6 Å². The Kier molecular flexibility index (Phi) is 6.46. The minimum atomic E-state index is -0.0936. The number of amides is 2. The molecular weight excluding hydrogens is 364 g/mol. The third kappa shape index (κ3) is 5.49. The highest BCUT2D eigenvalue weighted by Crippen LogP contribution is 2.22. The van der Waals surface area contributed by atoms with Crippen molar-refractivity contribution in [2.75, 3.05) is 26.2 Å². The van der Waals surface area contributed by atoms with Crippen molar-refractivity contribution in [1.82, 2.24) is 9.80 Å². The second kappa shape index (κ2) is 8.85. The van der Waals surface area contributed by atoms with Gasteiger partial charge in [0.15, 0.2) is 5.76 Å². The van der Waals surface area contributed by atoms with E-state index < -0.39 is 0 Å². The molecule has 0 bridgehead atoms. The fraction of sp³-hybridized carbons (Fsp3) is 0.500. The Balaban J connectivity index is 1.41. The summed E-state index contributed by atoms with van der Waals surface area (Å²) >= 11 is 0. The number of carbonyl (C=O) groups is 2. The van der Waals surface area contributed by atoms with Gasteiger partial charge in [0, 0.05) is 32.6 Å². The Morgan fingerprint density at radius 2 is 1.55 bits per heavy atom. The molecule has 3 rings (SSSR count). The van der Waals surface area contributed by atoms with Crippen LogP contribution in [0.4, 0.5) is 0 Å². The quantitative estimate of drug-likeness (QED) is 0.761. The van der Waals surface area contributed by atoms with Gasteiger partial charge < -0.3 is 14.2 Å². The molecule has 1 aliphatic heterocycles. The van der Waals surface area contributed by atoms with E-state index >= 15 is 0 Å². The van der Waals surface area contributed by atoms with Gasteiger partial charge in [0.05, 0.1) is 0 Å². The molecule has 1 aromatic carbocycles. The summed E-state index contributed by atoms with van der Waals surface area (Å²) in [5.41, 5.74) is 2.76. The van der Waals surface area contributed by atoms with Crippen LogP contribution in [0.5, 0.6) is 0 Å². The summed E-state index contributed by atoms with van der Waals surface area (Å²) in [6, 6.07) is 12.2. The third-order valence-corrected chi connectivity index (χ3v) is 5.55. The van der Waals surface area contributed by atoms with Crippen molar-refractivity contribution in [2.45, 2.75) is 52.4 Å². The van der Waals surface area contributed by atoms with E-state index in [4.69, 9.17) is 4.42 Å². The Labute approximate surface area is 173 Å². The molecule has 2 amide bonds. The van der Waals surface area contributed by atoms with Crippen LogP contribution in [0.15, 0.2) is 40.8 Å². The lowest BCUT2D eigenvalue weighted by molar-refractivity contribution is -0.132. The lowest BCUT2D eigenvalue weighted by Gasteiger charge is -2.34. The van der Waals surface area contributed by atoms with E-state index in [2.05, 4.69) is 45.0 Å². The molecule has 5 nitrogen and oxygen atoms in total. The molecule has 5 heteroatoms. The van der Waals surface area contributed by atoms with Crippen LogP contribution in [0.3, 0.4) is 0 Å². The van der Waals surface area contributed by atoms with Gasteiger partial charge in [-0.25, -0.2) is 0 Å². The van der Waals surface area contributed by atoms with Crippen LogP contribution < -0.4 is 0 Å². The highest BCUT2D eigenvalue weighted by molar-refractivity contribution is 5.91. The molecule has 1 aliphatic rings. The van der Waals surface area contributed by atoms with E-state index in [0.717, 1.165) is 18.6 Å². The van der Waals surface area contributed by atoms with E-state index in [0.29, 0.717) is 38.4 Å². The molecule has 29 heavy (non-hydrogen) atoms. The van der Waals surface area contributed by atoms with Crippen molar-refractivity contribution in [3.63, 3.8) is 0 Å². The first-order valence-corrected chi connectivity index (χ1v) is 10.5. The number of furan rings is 1. The molecule has 0 saturated carbocycles. The van der Waals surface area contributed by atoms with Crippen LogP contribution in [-0.4, -0.2) is 47.8 Å². The van der Waals surface area contributed by atoms with Gasteiger partial charge in [-0.2, -0.15) is 0 Å². The maximum atomic E-state index is 12.5. The van der Waals surface area contributed by atoms with Crippen LogP contribution in [0.2, 0.25) is 0 Å². The van der Waals surface area contributed by atoms with Crippen molar-refractivity contribution in [3.05, 3.63) is 59.0 Å². The van der Waals surface area contributed by atoms with Gasteiger partial charge in [0.2, 0.25) is 5.91 Å². The Morgan fingerprint density at radius 3 is 2.10 bits per heavy atom. The predicted octanol–water partition coefficient (Wildman–Crippen LogP) is 4.19. The molecule has 2 heterocycles. The standard InChI is InChI=1S/C24H32N2O3/c1-18-8-13-21(29-18)23(28)26-16-14-25(15-17-26)22(27)7-5-6-19-9-11-20(12-10-19)24(2,3)4/h8-13H,5-7,14-17H2,1-4H3. The summed E-state index contributed by atoms with van der Waals surface area (Å²) in [7, 11) is 0. The molecule has 0 radical (unpaired) electrons. The maximum absolute atomic E-state index is 12.5. The second-order valence-electron chi connectivity index (χ2n) is 8.88. The monoisotopic (exact) mass is 396 g/mol. The Bertz CT molecular complexity index is 838. The van der Waals surface area contributed by atoms with Crippen molar-refractivity contribution in [3.8, 4) is 0 Å². The van der Waals surface area contributed by atoms with Crippen molar-refractivity contribution >= 4 is 11.8 Å². The molecule has 1 aromatic heterocycles. The average Bonchev–Trinajstić information content (AvgIpc) is 3.13. The van der Waals surface area contributed by atoms with Crippen LogP contribution in [0.1, 0.15) is 61.1 Å². The highest BCUT2D eigenvalue weighted by atomic mass is 16.3. The van der Waals surface area contributed by atoms with E-state index in [1.165, 1.54) is 11.1 Å². The van der Waals surface area contributed by atoms with Gasteiger partial charge in [0.25, 0.3) is 5.91 Å². The maximum Gasteiger partial charge on any atom is 0.289 e. The zero-order chi connectivity index (χ0) is 21.0. The molecular formula is C24H32N2O3. The van der Waals surface area contributed by atoms with Crippen LogP contribution in [0.25, 0.3) is 0 Å². The number of hydrogen-bond acceptors (Lipinski definition) is 3. The number of carbonyl (C=O) groups excluding carboxylic acids is 2. The molecule has 0 unspecified atom stereocenters. The first-order chi connectivity index (χ1) is 13.7. The summed E-state index contributed by atoms with van der Waals surface area (Å²) in [4.78, 5) is 28.6. The average molecular weight is 397 g/mol. The molecule has 0 atom stereocenters. The van der Waals surface area contributed by atoms with Gasteiger partial charge in [-0.3, -0.25) is 9.59 Å². The zero-order valence-electron chi connectivity index (χ0n) is 18.0. The zero-order valence-corrected chi connectivity index (χ0v) is 18.0. The van der Waals surface area contributed by atoms with Crippen LogP contribution >= 0.6 is 0 Å². The van der Waals surface area contributed by atoms with Crippen molar-refractivity contribution in [2.24, 2.45) is 0 Å². The lowest BCUT2D eigenvalue weighted by Crippen LogP contribution is -2.50. The molecule has 2 aromatic rings. The Hall–Kier alpha value is -2.56. The summed E-state index contributed by atoms with van der Waals surface area (Å²) in [6.07, 6.45) is 2.30. The third-order valence-electron chi connectivity index (χ3n) is 5.55. The number of nitrogens with zero attached hydrogens (tertiary/aromatic N) is 2. The van der Waals surface area contributed by atoms with Gasteiger partial charge in [-0.05, 0) is 48.4 Å². The van der Waals surface area contributed by atoms with Crippen LogP contribution in [0, 0.1) is 6.92 Å². The largest absolute Gasteiger partial charge is 0.456 e. The number of rotatable bonds is 5. The summed E-state index contributed by atoms with van der Waals surface area (Å²) in [5, 5.41) is 0. The molecule has 156 valence electrons. The Morgan fingerprint density at radius 1 is 0.931 bits per heavy atom. The molecule has 0 N–H and O–H groups in total. The predicted molar refractivity (Wildman–Crippen MR) is 114 cm³/mol. The minimum Gasteiger partial charge on any atom is -0.456 e. The van der Waals surface area contributed by atoms with E-state index in [-0.39, 0.29) is 17.2 Å². The smallest absolute Gasteiger partial charge is 0.289 e. The second-order valence-corrected chi connectivity index (χ2v) is 8.88. The minimum absolute atomic E-state index is 0.0936. The fourth-order valence-electron chi connectivity index (χ4n) is 3.64. The van der Waals surface area contributed by atoms with Crippen molar-refractivity contribution < 1.29 is 14.0 Å². The summed E-state index contributed by atoms with van der Waals surface area (Å²) < 4.78 is 5.42. The van der Waals surface area contributed by atoms with Gasteiger partial charge in [-0.15, -0.1) is 0 Å². The SMILES string of the molecule is Cc1ccc(C(=O)N2CCN(C(=O)CCCc3ccc(C(C)(C)C)cc3)CC2)o1. The topological polar surface area (TPSA) is 53.8 Å². The summed E-state index contributed by atoms with van der Waals surface area (Å²) in [5.74, 6) is 1.19. The number of aryl methyl sites for hydroxylation is 2. The normalized spacial score (nSPS) is 14.9. The van der Waals surface area contributed by atoms with Gasteiger partial charge >= 0.3 is 0 Å². The summed E-state index contributed by atoms with van der Waals surface area (Å²) in [6.45, 7) is 10.7. The van der Waals surface area contributed by atoms with E-state index in [9.17, 15) is 9.59 Å². The van der Waals surface area contributed by atoms with Gasteiger partial charge in [0.1, 0.15) is 5.76 Å². The first kappa shape index (κ1) is 21.2.